The van der Waals surface area contributed by atoms with E-state index in [-0.39, 0.29) is 36.1 Å². The highest BCUT2D eigenvalue weighted by Crippen LogP contribution is 2.42. The third kappa shape index (κ3) is 9.24. The lowest BCUT2D eigenvalue weighted by molar-refractivity contribution is -0.479. The number of fused-ring (bicyclic) bond motifs is 3. The number of aliphatic hydroxyl groups is 5. The number of carboxylic acid groups (broad SMARTS) is 2. The summed E-state index contributed by atoms with van der Waals surface area (Å²) in [4.78, 5) is 55.6. The number of rotatable bonds is 17. The fourth-order valence-corrected chi connectivity index (χ4v) is 7.44. The molecule has 0 aliphatic carbocycles. The third-order valence-corrected chi connectivity index (χ3v) is 10.3. The van der Waals surface area contributed by atoms with Crippen LogP contribution in [0.1, 0.15) is 32.3 Å². The first-order chi connectivity index (χ1) is 25.4. The topological polar surface area (TPSA) is 343 Å². The molecule has 0 amide bonds. The van der Waals surface area contributed by atoms with Gasteiger partial charge in [0.15, 0.2) is 24.3 Å². The molecule has 1 unspecified atom stereocenters. The van der Waals surface area contributed by atoms with E-state index >= 15 is 0 Å². The molecule has 3 aliphatic heterocycles. The molecule has 11 N–H and O–H groups in total. The predicted octanol–water partition coefficient (Wildman–Crippen LogP) is -2.98. The van der Waals surface area contributed by atoms with E-state index in [4.69, 9.17) is 25.4 Å². The summed E-state index contributed by atoms with van der Waals surface area (Å²) in [5.41, 5.74) is 7.08. The van der Waals surface area contributed by atoms with Gasteiger partial charge in [0, 0.05) is 12.8 Å². The number of phosphoric ester groups is 1. The second kappa shape index (κ2) is 16.8. The summed E-state index contributed by atoms with van der Waals surface area (Å²) < 4.78 is 33.5. The number of carboxylic acids is 2. The lowest BCUT2D eigenvalue weighted by Gasteiger charge is -2.30. The van der Waals surface area contributed by atoms with Crippen LogP contribution in [-0.4, -0.2) is 149 Å². The Bertz CT molecular complexity index is 1810. The van der Waals surface area contributed by atoms with Gasteiger partial charge in [-0.25, -0.2) is 14.3 Å². The van der Waals surface area contributed by atoms with Crippen LogP contribution in [0.5, 0.6) is 0 Å². The Balaban J connectivity index is 1.11. The van der Waals surface area contributed by atoms with Crippen molar-refractivity contribution in [3.8, 4) is 0 Å². The summed E-state index contributed by atoms with van der Waals surface area (Å²) in [5.74, 6) is -2.76. The monoisotopic (exact) mass is 786 g/mol. The van der Waals surface area contributed by atoms with Crippen LogP contribution >= 0.6 is 7.82 Å². The fraction of sp³-hybridized carbons (Fsp3) is 0.581. The molecule has 3 aliphatic rings. The van der Waals surface area contributed by atoms with Crippen molar-refractivity contribution in [2.75, 3.05) is 29.2 Å². The third-order valence-electron chi connectivity index (χ3n) is 9.32. The summed E-state index contributed by atoms with van der Waals surface area (Å²) in [6.45, 7) is 2.33. The van der Waals surface area contributed by atoms with E-state index in [9.17, 15) is 49.4 Å². The zero-order valence-electron chi connectivity index (χ0n) is 28.9. The molecule has 298 valence electrons. The quantitative estimate of drug-likeness (QED) is 0.0565. The van der Waals surface area contributed by atoms with E-state index in [1.807, 2.05) is 29.7 Å². The lowest BCUT2D eigenvalue weighted by Crippen LogP contribution is -2.49. The van der Waals surface area contributed by atoms with Crippen LogP contribution in [0, 0.1) is 0 Å². The number of ether oxygens (including phenoxy) is 2. The smallest absolute Gasteiger partial charge is 0.333 e. The van der Waals surface area contributed by atoms with Crippen molar-refractivity contribution in [3.05, 3.63) is 40.2 Å². The SMILES string of the molecule is C[C@@H]1Nc2nc(N)[nH]c(=O)c2[N+]2=CN(c3ccc(C[C@H](O)[C@H](O)[C@H](O)CO[C@H]4O[C@H](COP(=O)([O-])O[C@@H](CCC(=O)O)C(=O)O)[C@@H](O)[C@H]4O)cc3)[C@H](C)[C@@H]12. The number of nitrogens with two attached hydrogens (primary N) is 1. The molecule has 1 aromatic heterocycles. The zero-order chi connectivity index (χ0) is 39.6. The van der Waals surface area contributed by atoms with Crippen LogP contribution < -0.4 is 26.4 Å². The first-order valence-corrected chi connectivity index (χ1v) is 18.3. The fourth-order valence-electron chi connectivity index (χ4n) is 6.54. The number of anilines is 3. The van der Waals surface area contributed by atoms with Crippen molar-refractivity contribution >= 4 is 49.2 Å². The number of carbonyl (C=O) groups is 2. The first-order valence-electron chi connectivity index (χ1n) is 16.8. The van der Waals surface area contributed by atoms with Crippen molar-refractivity contribution in [1.82, 2.24) is 9.97 Å². The molecule has 0 radical (unpaired) electrons. The normalized spacial score (nSPS) is 28.2. The number of aromatic amines is 1. The highest BCUT2D eigenvalue weighted by Gasteiger charge is 2.49. The Labute approximate surface area is 306 Å². The number of H-pyrrole nitrogens is 1. The molecular weight excluding hydrogens is 743 g/mol. The molecule has 1 fully saturated rings. The van der Waals surface area contributed by atoms with Crippen molar-refractivity contribution in [2.24, 2.45) is 0 Å². The van der Waals surface area contributed by atoms with Crippen LogP contribution in [-0.2, 0) is 39.1 Å². The lowest BCUT2D eigenvalue weighted by atomic mass is 9.98. The average molecular weight is 787 g/mol. The van der Waals surface area contributed by atoms with Gasteiger partial charge in [-0.2, -0.15) is 4.98 Å². The summed E-state index contributed by atoms with van der Waals surface area (Å²) in [7, 11) is -5.36. The summed E-state index contributed by atoms with van der Waals surface area (Å²) in [6.07, 6.45) is -13.4. The van der Waals surface area contributed by atoms with Crippen LogP contribution in [0.15, 0.2) is 29.1 Å². The number of nitrogen functional groups attached to an aromatic ring is 1. The molecule has 23 heteroatoms. The van der Waals surface area contributed by atoms with Gasteiger partial charge in [-0.15, -0.1) is 0 Å². The van der Waals surface area contributed by atoms with Crippen molar-refractivity contribution in [3.63, 3.8) is 0 Å². The molecule has 0 bridgehead atoms. The predicted molar refractivity (Wildman–Crippen MR) is 182 cm³/mol. The Morgan fingerprint density at radius 2 is 1.81 bits per heavy atom. The maximum atomic E-state index is 12.8. The van der Waals surface area contributed by atoms with E-state index in [0.717, 1.165) is 5.69 Å². The van der Waals surface area contributed by atoms with Gasteiger partial charge in [0.05, 0.1) is 25.4 Å². The van der Waals surface area contributed by atoms with Crippen LogP contribution in [0.2, 0.25) is 0 Å². The molecule has 22 nitrogen and oxygen atoms in total. The Morgan fingerprint density at radius 3 is 2.46 bits per heavy atom. The Kier molecular flexibility index (Phi) is 12.8. The minimum Gasteiger partial charge on any atom is -0.756 e. The summed E-state index contributed by atoms with van der Waals surface area (Å²) in [6, 6.07) is 6.79. The molecular formula is C31H43N6O16P. The van der Waals surface area contributed by atoms with Crippen molar-refractivity contribution < 1.29 is 77.9 Å². The second-order valence-electron chi connectivity index (χ2n) is 13.2. The molecule has 0 spiro atoms. The molecule has 12 atom stereocenters. The maximum absolute atomic E-state index is 12.8. The average Bonchev–Trinajstić information content (AvgIpc) is 3.58. The van der Waals surface area contributed by atoms with Crippen LogP contribution in [0.25, 0.3) is 0 Å². The van der Waals surface area contributed by atoms with Crippen molar-refractivity contribution in [1.29, 1.82) is 0 Å². The Morgan fingerprint density at radius 1 is 1.13 bits per heavy atom. The minimum atomic E-state index is -5.36. The maximum Gasteiger partial charge on any atom is 0.333 e. The Hall–Kier alpha value is -4.06. The molecule has 5 rings (SSSR count). The van der Waals surface area contributed by atoms with Gasteiger partial charge >= 0.3 is 17.5 Å². The second-order valence-corrected chi connectivity index (χ2v) is 14.6. The molecule has 4 heterocycles. The first kappa shape index (κ1) is 41.1. The zero-order valence-corrected chi connectivity index (χ0v) is 29.8. The number of benzene rings is 1. The van der Waals surface area contributed by atoms with E-state index in [0.29, 0.717) is 17.1 Å². The van der Waals surface area contributed by atoms with Gasteiger partial charge in [-0.1, -0.05) is 12.1 Å². The minimum absolute atomic E-state index is 0.000139. The standard InChI is InChI=1S/C31H43N6O16P/c1-13-22-14(2)36(12-37(22)23-27(33-13)34-31(32)35-28(23)45)16-5-3-15(4-6-16)9-17(38)24(42)18(39)10-50-30-26(44)25(43)20(52-30)11-51-54(48,49)53-19(29(46)47)7-8-21(40)41/h3-6,12-14,17-20,22,24-26,30,38-39,42-44H,7-11H2,1-2H3,(H6-,32,33,34,35,40,41,45,46,47,48,49)/t13-,14+,17-,18+,19-,20+,22+,24-,25+,26+,30-/m0/s1. The number of nitrogens with zero attached hydrogens (tertiary/aromatic N) is 3. The molecule has 54 heavy (non-hydrogen) atoms. The molecule has 1 saturated heterocycles. The van der Waals surface area contributed by atoms with Gasteiger partial charge in [0.25, 0.3) is 7.82 Å². The number of aliphatic hydroxyl groups excluding tert-OH is 5. The number of phosphoric acid groups is 1. The summed E-state index contributed by atoms with van der Waals surface area (Å²) >= 11 is 0. The molecule has 2 aromatic rings. The highest BCUT2D eigenvalue weighted by molar-refractivity contribution is 7.45. The van der Waals surface area contributed by atoms with Gasteiger partial charge in [0.2, 0.25) is 18.0 Å². The highest BCUT2D eigenvalue weighted by atomic mass is 31.2. The van der Waals surface area contributed by atoms with Crippen LogP contribution in [0.4, 0.5) is 23.1 Å². The number of hydrogen-bond donors (Lipinski definition) is 10. The van der Waals surface area contributed by atoms with E-state index in [1.165, 1.54) is 0 Å². The number of aliphatic carboxylic acids is 2. The van der Waals surface area contributed by atoms with E-state index < -0.39 is 94.8 Å². The summed E-state index contributed by atoms with van der Waals surface area (Å²) in [5, 5.41) is 73.5. The van der Waals surface area contributed by atoms with Gasteiger partial charge < -0.3 is 70.2 Å². The number of hydrogen-bond acceptors (Lipinski definition) is 18. The number of nitrogens with one attached hydrogen (secondary N) is 2. The van der Waals surface area contributed by atoms with Gasteiger partial charge in [-0.05, 0) is 38.0 Å². The van der Waals surface area contributed by atoms with E-state index in [1.54, 1.807) is 24.3 Å². The number of aromatic nitrogens is 2. The van der Waals surface area contributed by atoms with Crippen molar-refractivity contribution in [2.45, 2.75) is 100 Å². The van der Waals surface area contributed by atoms with Gasteiger partial charge in [0.1, 0.15) is 42.2 Å². The molecule has 1 aromatic carbocycles. The van der Waals surface area contributed by atoms with Crippen LogP contribution in [0.3, 0.4) is 0 Å². The van der Waals surface area contributed by atoms with Gasteiger partial charge in [-0.3, -0.25) is 19.1 Å². The molecule has 0 saturated carbocycles. The van der Waals surface area contributed by atoms with E-state index in [2.05, 4.69) is 24.3 Å². The largest absolute Gasteiger partial charge is 0.756 e.